The summed E-state index contributed by atoms with van der Waals surface area (Å²) in [5.74, 6) is -0.729. The molecule has 3 amide bonds. The lowest BCUT2D eigenvalue weighted by molar-refractivity contribution is -0.123. The molecule has 1 atom stereocenters. The third-order valence-electron chi connectivity index (χ3n) is 4.32. The molecule has 2 rings (SSSR count). The smallest absolute Gasteiger partial charge is 0.255 e. The molecule has 1 aliphatic rings. The summed E-state index contributed by atoms with van der Waals surface area (Å²) in [6, 6.07) is 7.00. The maximum Gasteiger partial charge on any atom is 0.255 e. The van der Waals surface area contributed by atoms with Crippen molar-refractivity contribution in [2.75, 3.05) is 24.7 Å². The number of rotatable bonds is 5. The molecule has 130 valence electrons. The van der Waals surface area contributed by atoms with Crippen molar-refractivity contribution in [2.45, 2.75) is 25.0 Å². The maximum absolute atomic E-state index is 12.8. The van der Waals surface area contributed by atoms with Crippen LogP contribution in [0, 0.1) is 5.92 Å². The first-order valence-electron chi connectivity index (χ1n) is 7.95. The fourth-order valence-corrected chi connectivity index (χ4v) is 2.93. The van der Waals surface area contributed by atoms with Crippen LogP contribution in [0.25, 0.3) is 0 Å². The van der Waals surface area contributed by atoms with Crippen molar-refractivity contribution in [1.82, 2.24) is 4.90 Å². The number of primary amides is 1. The topological polar surface area (TPSA) is 92.5 Å². The van der Waals surface area contributed by atoms with Crippen LogP contribution in [-0.4, -0.2) is 47.2 Å². The molecule has 1 saturated heterocycles. The van der Waals surface area contributed by atoms with Gasteiger partial charge in [-0.3, -0.25) is 14.4 Å². The second-order valence-corrected chi connectivity index (χ2v) is 7.06. The number of nitrogens with zero attached hydrogens (tertiary/aromatic N) is 1. The number of hydrogen-bond acceptors (Lipinski definition) is 4. The van der Waals surface area contributed by atoms with E-state index in [9.17, 15) is 14.4 Å². The molecule has 1 heterocycles. The Morgan fingerprint density at radius 1 is 1.25 bits per heavy atom. The van der Waals surface area contributed by atoms with E-state index in [1.54, 1.807) is 29.2 Å². The largest absolute Gasteiger partial charge is 0.369 e. The summed E-state index contributed by atoms with van der Waals surface area (Å²) in [5.41, 5.74) is 6.32. The first-order chi connectivity index (χ1) is 11.4. The maximum atomic E-state index is 12.8. The van der Waals surface area contributed by atoms with Crippen LogP contribution in [0.4, 0.5) is 5.69 Å². The monoisotopic (exact) mass is 349 g/mol. The molecule has 0 unspecified atom stereocenters. The van der Waals surface area contributed by atoms with Crippen molar-refractivity contribution >= 4 is 35.2 Å². The lowest BCUT2D eigenvalue weighted by Crippen LogP contribution is -2.42. The van der Waals surface area contributed by atoms with Crippen LogP contribution in [0.1, 0.15) is 30.1 Å². The van der Waals surface area contributed by atoms with Crippen molar-refractivity contribution in [3.05, 3.63) is 29.8 Å². The van der Waals surface area contributed by atoms with E-state index in [0.717, 1.165) is 0 Å². The molecule has 1 aromatic rings. The van der Waals surface area contributed by atoms with Gasteiger partial charge in [-0.1, -0.05) is 12.1 Å². The highest BCUT2D eigenvalue weighted by Gasteiger charge is 2.27. The minimum atomic E-state index is -0.305. The van der Waals surface area contributed by atoms with Gasteiger partial charge in [-0.25, -0.2) is 0 Å². The van der Waals surface area contributed by atoms with E-state index < -0.39 is 0 Å². The van der Waals surface area contributed by atoms with E-state index in [2.05, 4.69) is 5.32 Å². The number of nitrogens with two attached hydrogens (primary N) is 1. The van der Waals surface area contributed by atoms with Crippen LogP contribution in [0.15, 0.2) is 24.3 Å². The number of thioether (sulfide) groups is 1. The van der Waals surface area contributed by atoms with E-state index >= 15 is 0 Å². The Kier molecular flexibility index (Phi) is 6.25. The van der Waals surface area contributed by atoms with Crippen molar-refractivity contribution < 1.29 is 14.4 Å². The second-order valence-electron chi connectivity index (χ2n) is 5.88. The molecule has 1 aliphatic heterocycles. The Morgan fingerprint density at radius 2 is 1.88 bits per heavy atom. The molecule has 3 N–H and O–H groups in total. The summed E-state index contributed by atoms with van der Waals surface area (Å²) in [4.78, 5) is 37.8. The minimum absolute atomic E-state index is 0.129. The molecular formula is C17H23N3O3S. The first kappa shape index (κ1) is 18.3. The summed E-state index contributed by atoms with van der Waals surface area (Å²) < 4.78 is 0. The highest BCUT2D eigenvalue weighted by Crippen LogP contribution is 2.23. The van der Waals surface area contributed by atoms with Gasteiger partial charge in [-0.15, -0.1) is 0 Å². The quantitative estimate of drug-likeness (QED) is 0.846. The molecule has 0 radical (unpaired) electrons. The predicted molar refractivity (Wildman–Crippen MR) is 95.9 cm³/mol. The number of anilines is 1. The number of piperidine rings is 1. The number of carbonyl (C=O) groups excluding carboxylic acids is 3. The molecular weight excluding hydrogens is 326 g/mol. The van der Waals surface area contributed by atoms with E-state index in [1.807, 2.05) is 13.2 Å². The zero-order valence-electron chi connectivity index (χ0n) is 14.0. The number of para-hydroxylation sites is 1. The Labute approximate surface area is 146 Å². The van der Waals surface area contributed by atoms with Crippen LogP contribution in [0.5, 0.6) is 0 Å². The zero-order valence-corrected chi connectivity index (χ0v) is 14.8. The third kappa shape index (κ3) is 4.29. The Bertz CT molecular complexity index is 627. The Morgan fingerprint density at radius 3 is 2.46 bits per heavy atom. The van der Waals surface area contributed by atoms with Gasteiger partial charge >= 0.3 is 0 Å². The summed E-state index contributed by atoms with van der Waals surface area (Å²) in [7, 11) is 0. The molecule has 0 aromatic heterocycles. The minimum Gasteiger partial charge on any atom is -0.369 e. The highest BCUT2D eigenvalue weighted by atomic mass is 32.2. The van der Waals surface area contributed by atoms with Gasteiger partial charge < -0.3 is 16.0 Å². The summed E-state index contributed by atoms with van der Waals surface area (Å²) in [6.07, 6.45) is 3.03. The number of nitrogens with one attached hydrogen (secondary N) is 1. The van der Waals surface area contributed by atoms with Gasteiger partial charge in [0.1, 0.15) is 0 Å². The molecule has 24 heavy (non-hydrogen) atoms. The molecule has 6 nitrogen and oxygen atoms in total. The van der Waals surface area contributed by atoms with Gasteiger partial charge in [0.05, 0.1) is 16.5 Å². The van der Waals surface area contributed by atoms with Crippen molar-refractivity contribution in [3.8, 4) is 0 Å². The fraction of sp³-hybridized carbons (Fsp3) is 0.471. The molecule has 1 aromatic carbocycles. The van der Waals surface area contributed by atoms with E-state index in [1.165, 1.54) is 11.8 Å². The van der Waals surface area contributed by atoms with Gasteiger partial charge in [0.2, 0.25) is 11.8 Å². The predicted octanol–water partition coefficient (Wildman–Crippen LogP) is 1.71. The Hall–Kier alpha value is -2.02. The molecule has 0 spiro atoms. The van der Waals surface area contributed by atoms with Gasteiger partial charge in [-0.2, -0.15) is 11.8 Å². The van der Waals surface area contributed by atoms with Crippen molar-refractivity contribution in [2.24, 2.45) is 11.7 Å². The number of benzene rings is 1. The summed E-state index contributed by atoms with van der Waals surface area (Å²) >= 11 is 1.45. The normalized spacial score (nSPS) is 16.5. The number of hydrogen-bond donors (Lipinski definition) is 2. The number of amides is 3. The highest BCUT2D eigenvalue weighted by molar-refractivity contribution is 7.99. The van der Waals surface area contributed by atoms with Gasteiger partial charge in [0.15, 0.2) is 0 Å². The molecule has 0 aliphatic carbocycles. The third-order valence-corrected chi connectivity index (χ3v) is 5.24. The van der Waals surface area contributed by atoms with Gasteiger partial charge in [0, 0.05) is 19.0 Å². The van der Waals surface area contributed by atoms with Crippen molar-refractivity contribution in [3.63, 3.8) is 0 Å². The second kappa shape index (κ2) is 8.19. The summed E-state index contributed by atoms with van der Waals surface area (Å²) in [6.45, 7) is 2.81. The lowest BCUT2D eigenvalue weighted by atomic mass is 9.95. The van der Waals surface area contributed by atoms with E-state index in [-0.39, 0.29) is 28.9 Å². The fourth-order valence-electron chi connectivity index (χ4n) is 2.66. The number of likely N-dealkylation sites (tertiary alicyclic amines) is 1. The van der Waals surface area contributed by atoms with Gasteiger partial charge in [0.25, 0.3) is 5.91 Å². The molecule has 1 fully saturated rings. The molecule has 0 bridgehead atoms. The lowest BCUT2D eigenvalue weighted by Gasteiger charge is -2.31. The SMILES string of the molecule is CS[C@@H](C)C(=O)Nc1ccccc1C(=O)N1CCC(C(N)=O)CC1. The zero-order chi connectivity index (χ0) is 17.7. The molecule has 7 heteroatoms. The molecule has 0 saturated carbocycles. The van der Waals surface area contributed by atoms with Crippen LogP contribution < -0.4 is 11.1 Å². The Balaban J connectivity index is 2.10. The van der Waals surface area contributed by atoms with Gasteiger partial charge in [-0.05, 0) is 38.2 Å². The first-order valence-corrected chi connectivity index (χ1v) is 9.24. The van der Waals surface area contributed by atoms with Crippen LogP contribution in [-0.2, 0) is 9.59 Å². The summed E-state index contributed by atoms with van der Waals surface area (Å²) in [5, 5.41) is 2.63. The average Bonchev–Trinajstić information content (AvgIpc) is 2.60. The number of carbonyl (C=O) groups is 3. The van der Waals surface area contributed by atoms with E-state index in [4.69, 9.17) is 5.73 Å². The van der Waals surface area contributed by atoms with Crippen LogP contribution in [0.2, 0.25) is 0 Å². The van der Waals surface area contributed by atoms with Crippen LogP contribution in [0.3, 0.4) is 0 Å². The standard InChI is InChI=1S/C17H23N3O3S/c1-11(24-2)16(22)19-14-6-4-3-5-13(14)17(23)20-9-7-12(8-10-20)15(18)21/h3-6,11-12H,7-10H2,1-2H3,(H2,18,21)(H,19,22)/t11-/m0/s1. The van der Waals surface area contributed by atoms with Crippen LogP contribution >= 0.6 is 11.8 Å². The average molecular weight is 349 g/mol. The van der Waals surface area contributed by atoms with Crippen molar-refractivity contribution in [1.29, 1.82) is 0 Å². The van der Waals surface area contributed by atoms with E-state index in [0.29, 0.717) is 37.2 Å².